The Bertz CT molecular complexity index is 843. The molecule has 2 aromatic rings. The van der Waals surface area contributed by atoms with Gasteiger partial charge in [-0.1, -0.05) is 23.7 Å². The Morgan fingerprint density at radius 3 is 2.75 bits per heavy atom. The molecule has 0 bridgehead atoms. The average Bonchev–Trinajstić information content (AvgIpc) is 2.99. The molecule has 124 valence electrons. The normalized spacial score (nSPS) is 14.6. The van der Waals surface area contributed by atoms with E-state index in [9.17, 15) is 4.79 Å². The summed E-state index contributed by atoms with van der Waals surface area (Å²) in [7, 11) is 2.92. The molecule has 0 heterocycles. The molecule has 2 aromatic carbocycles. The lowest BCUT2D eigenvalue weighted by atomic mass is 10.0. The molecule has 1 aliphatic rings. The van der Waals surface area contributed by atoms with E-state index in [0.717, 1.165) is 34.0 Å². The van der Waals surface area contributed by atoms with Crippen LogP contribution in [0.5, 0.6) is 5.75 Å². The van der Waals surface area contributed by atoms with Crippen LogP contribution in [0.3, 0.4) is 0 Å². The fourth-order valence-electron chi connectivity index (χ4n) is 2.94. The fraction of sp³-hybridized carbons (Fsp3) is 0.211. The van der Waals surface area contributed by atoms with Crippen LogP contribution in [0, 0.1) is 0 Å². The molecule has 0 N–H and O–H groups in total. The standard InChI is InChI=1S/C19H16BrClO3/c1-23-17-10-14-11(8-13-4-3-5-16(20)18(13)21)6-7-12(14)9-15(17)19(22)24-2/h3-5,8-10H,6-7H2,1-2H3/b11-8+. The number of carbonyl (C=O) groups excluding carboxylic acids is 1. The largest absolute Gasteiger partial charge is 0.496 e. The van der Waals surface area contributed by atoms with Crippen molar-refractivity contribution >= 4 is 45.1 Å². The summed E-state index contributed by atoms with van der Waals surface area (Å²) < 4.78 is 11.1. The number of halogens is 2. The number of methoxy groups -OCH3 is 2. The Labute approximate surface area is 154 Å². The van der Waals surface area contributed by atoms with E-state index in [1.165, 1.54) is 12.7 Å². The third-order valence-corrected chi connectivity index (χ3v) is 5.46. The fourth-order valence-corrected chi connectivity index (χ4v) is 3.50. The first-order chi connectivity index (χ1) is 11.5. The second-order valence-electron chi connectivity index (χ2n) is 5.51. The molecule has 0 amide bonds. The number of hydrogen-bond acceptors (Lipinski definition) is 3. The minimum atomic E-state index is -0.387. The van der Waals surface area contributed by atoms with Gasteiger partial charge >= 0.3 is 5.97 Å². The van der Waals surface area contributed by atoms with Gasteiger partial charge < -0.3 is 9.47 Å². The van der Waals surface area contributed by atoms with E-state index in [0.29, 0.717) is 16.3 Å². The zero-order valence-corrected chi connectivity index (χ0v) is 15.7. The Kier molecular flexibility index (Phi) is 4.97. The van der Waals surface area contributed by atoms with E-state index in [1.807, 2.05) is 30.3 Å². The van der Waals surface area contributed by atoms with Gasteiger partial charge in [-0.3, -0.25) is 0 Å². The predicted octanol–water partition coefficient (Wildman–Crippen LogP) is 5.38. The van der Waals surface area contributed by atoms with Crippen molar-refractivity contribution in [2.24, 2.45) is 0 Å². The van der Waals surface area contributed by atoms with Gasteiger partial charge in [-0.25, -0.2) is 4.79 Å². The van der Waals surface area contributed by atoms with Crippen LogP contribution in [0.15, 0.2) is 34.8 Å². The molecule has 3 nitrogen and oxygen atoms in total. The Balaban J connectivity index is 2.08. The molecule has 0 saturated carbocycles. The summed E-state index contributed by atoms with van der Waals surface area (Å²) in [5, 5.41) is 0.691. The van der Waals surface area contributed by atoms with Crippen LogP contribution in [0.25, 0.3) is 11.6 Å². The molecule has 0 unspecified atom stereocenters. The number of esters is 1. The van der Waals surface area contributed by atoms with Crippen molar-refractivity contribution in [2.45, 2.75) is 12.8 Å². The number of allylic oxidation sites excluding steroid dienone is 1. The van der Waals surface area contributed by atoms with Crippen LogP contribution < -0.4 is 4.74 Å². The minimum Gasteiger partial charge on any atom is -0.496 e. The smallest absolute Gasteiger partial charge is 0.341 e. The minimum absolute atomic E-state index is 0.387. The molecule has 0 atom stereocenters. The van der Waals surface area contributed by atoms with E-state index in [-0.39, 0.29) is 5.97 Å². The number of aryl methyl sites for hydroxylation is 1. The maximum absolute atomic E-state index is 11.9. The summed E-state index contributed by atoms with van der Waals surface area (Å²) in [6, 6.07) is 9.63. The number of ether oxygens (including phenoxy) is 2. The molecule has 1 aliphatic carbocycles. The lowest BCUT2D eigenvalue weighted by molar-refractivity contribution is 0.0597. The lowest BCUT2D eigenvalue weighted by Gasteiger charge is -2.11. The Hall–Kier alpha value is -1.78. The zero-order chi connectivity index (χ0) is 17.3. The second-order valence-corrected chi connectivity index (χ2v) is 6.75. The highest BCUT2D eigenvalue weighted by molar-refractivity contribution is 9.10. The molecule has 0 spiro atoms. The summed E-state index contributed by atoms with van der Waals surface area (Å²) >= 11 is 9.82. The van der Waals surface area contributed by atoms with Gasteiger partial charge in [-0.05, 0) is 75.3 Å². The van der Waals surface area contributed by atoms with Gasteiger partial charge in [0.15, 0.2) is 0 Å². The summed E-state index contributed by atoms with van der Waals surface area (Å²) in [5.74, 6) is 0.135. The van der Waals surface area contributed by atoms with Crippen molar-refractivity contribution in [3.8, 4) is 5.75 Å². The molecule has 0 fully saturated rings. The Morgan fingerprint density at radius 2 is 2.04 bits per heavy atom. The van der Waals surface area contributed by atoms with Gasteiger partial charge in [-0.15, -0.1) is 0 Å². The van der Waals surface area contributed by atoms with Crippen LogP contribution in [0.4, 0.5) is 0 Å². The zero-order valence-electron chi connectivity index (χ0n) is 13.4. The van der Waals surface area contributed by atoms with E-state index in [4.69, 9.17) is 21.1 Å². The number of hydrogen-bond donors (Lipinski definition) is 0. The van der Waals surface area contributed by atoms with Crippen molar-refractivity contribution < 1.29 is 14.3 Å². The maximum Gasteiger partial charge on any atom is 0.341 e. The third kappa shape index (κ3) is 3.08. The van der Waals surface area contributed by atoms with E-state index in [2.05, 4.69) is 22.0 Å². The SMILES string of the molecule is COC(=O)c1cc2c(cc1OC)/C(=C/c1cccc(Br)c1Cl)CC2. The lowest BCUT2D eigenvalue weighted by Crippen LogP contribution is -2.05. The highest BCUT2D eigenvalue weighted by Crippen LogP contribution is 2.39. The molecule has 0 saturated heterocycles. The highest BCUT2D eigenvalue weighted by Gasteiger charge is 2.23. The summed E-state index contributed by atoms with van der Waals surface area (Å²) in [6.07, 6.45) is 3.86. The van der Waals surface area contributed by atoms with E-state index < -0.39 is 0 Å². The van der Waals surface area contributed by atoms with Crippen molar-refractivity contribution in [3.63, 3.8) is 0 Å². The van der Waals surface area contributed by atoms with Crippen molar-refractivity contribution in [3.05, 3.63) is 62.1 Å². The Morgan fingerprint density at radius 1 is 1.25 bits per heavy atom. The third-order valence-electron chi connectivity index (χ3n) is 4.15. The summed E-state index contributed by atoms with van der Waals surface area (Å²) in [4.78, 5) is 11.9. The molecule has 0 radical (unpaired) electrons. The van der Waals surface area contributed by atoms with Crippen LogP contribution in [-0.2, 0) is 11.2 Å². The second kappa shape index (κ2) is 6.99. The molecule has 3 rings (SSSR count). The monoisotopic (exact) mass is 406 g/mol. The molecule has 0 aromatic heterocycles. The van der Waals surface area contributed by atoms with Crippen molar-refractivity contribution in [2.75, 3.05) is 14.2 Å². The van der Waals surface area contributed by atoms with Gasteiger partial charge in [0.2, 0.25) is 0 Å². The number of rotatable bonds is 3. The molecule has 5 heteroatoms. The van der Waals surface area contributed by atoms with Gasteiger partial charge in [0, 0.05) is 4.47 Å². The van der Waals surface area contributed by atoms with Crippen LogP contribution in [0.2, 0.25) is 5.02 Å². The molecular weight excluding hydrogens is 392 g/mol. The molecule has 0 aliphatic heterocycles. The van der Waals surface area contributed by atoms with Gasteiger partial charge in [0.05, 0.1) is 19.2 Å². The summed E-state index contributed by atoms with van der Waals surface area (Å²) in [6.45, 7) is 0. The van der Waals surface area contributed by atoms with Crippen LogP contribution >= 0.6 is 27.5 Å². The predicted molar refractivity (Wildman–Crippen MR) is 99.7 cm³/mol. The maximum atomic E-state index is 11.9. The first kappa shape index (κ1) is 17.1. The number of carbonyl (C=O) groups is 1. The van der Waals surface area contributed by atoms with Crippen molar-refractivity contribution in [1.29, 1.82) is 0 Å². The van der Waals surface area contributed by atoms with Crippen LogP contribution in [-0.4, -0.2) is 20.2 Å². The van der Waals surface area contributed by atoms with Gasteiger partial charge in [0.1, 0.15) is 11.3 Å². The quantitative estimate of drug-likeness (QED) is 0.640. The van der Waals surface area contributed by atoms with Gasteiger partial charge in [-0.2, -0.15) is 0 Å². The first-order valence-electron chi connectivity index (χ1n) is 7.49. The van der Waals surface area contributed by atoms with Crippen LogP contribution in [0.1, 0.15) is 33.5 Å². The number of fused-ring (bicyclic) bond motifs is 1. The van der Waals surface area contributed by atoms with E-state index in [1.54, 1.807) is 7.11 Å². The molecule has 24 heavy (non-hydrogen) atoms. The number of benzene rings is 2. The highest BCUT2D eigenvalue weighted by atomic mass is 79.9. The molecular formula is C19H16BrClO3. The summed E-state index contributed by atoms with van der Waals surface area (Å²) in [5.41, 5.74) is 4.81. The first-order valence-corrected chi connectivity index (χ1v) is 8.66. The van der Waals surface area contributed by atoms with Crippen molar-refractivity contribution in [1.82, 2.24) is 0 Å². The average molecular weight is 408 g/mol. The van der Waals surface area contributed by atoms with Gasteiger partial charge in [0.25, 0.3) is 0 Å². The topological polar surface area (TPSA) is 35.5 Å². The van der Waals surface area contributed by atoms with E-state index >= 15 is 0 Å².